The summed E-state index contributed by atoms with van der Waals surface area (Å²) in [5, 5.41) is 0. The number of nitrogens with zero attached hydrogens (tertiary/aromatic N) is 1. The molecule has 5 heteroatoms. The maximum absolute atomic E-state index is 11.2. The number of benzene rings is 1. The Hall–Kier alpha value is -2.30. The zero-order chi connectivity index (χ0) is 11.5. The number of nitrogens with one attached hydrogen (secondary N) is 1. The molecule has 1 aromatic carbocycles. The molecule has 1 heterocycles. The van der Waals surface area contributed by atoms with Crippen molar-refractivity contribution in [3.8, 4) is 0 Å². The second-order valence-electron chi connectivity index (χ2n) is 3.54. The van der Waals surface area contributed by atoms with Gasteiger partial charge in [0.2, 0.25) is 0 Å². The zero-order valence-electron chi connectivity index (χ0n) is 8.60. The molecule has 16 heavy (non-hydrogen) atoms. The SMILES string of the molecule is Nc1ccc(Cc2nc(N)cc(=O)[nH]2)cc1. The van der Waals surface area contributed by atoms with Crippen molar-refractivity contribution in [3.05, 3.63) is 52.1 Å². The molecule has 0 unspecified atom stereocenters. The molecule has 2 aromatic rings. The highest BCUT2D eigenvalue weighted by Gasteiger charge is 2.00. The van der Waals surface area contributed by atoms with Gasteiger partial charge in [-0.2, -0.15) is 0 Å². The highest BCUT2D eigenvalue weighted by Crippen LogP contribution is 2.08. The lowest BCUT2D eigenvalue weighted by Gasteiger charge is -2.02. The number of aromatic amines is 1. The van der Waals surface area contributed by atoms with Gasteiger partial charge < -0.3 is 16.5 Å². The van der Waals surface area contributed by atoms with Gasteiger partial charge in [-0.3, -0.25) is 4.79 Å². The Balaban J connectivity index is 2.26. The van der Waals surface area contributed by atoms with Crippen molar-refractivity contribution in [2.45, 2.75) is 6.42 Å². The van der Waals surface area contributed by atoms with Crippen molar-refractivity contribution in [3.63, 3.8) is 0 Å². The number of hydrogen-bond acceptors (Lipinski definition) is 4. The number of nitrogen functional groups attached to an aromatic ring is 2. The second kappa shape index (κ2) is 4.06. The maximum atomic E-state index is 11.2. The van der Waals surface area contributed by atoms with Crippen LogP contribution in [0, 0.1) is 0 Å². The smallest absolute Gasteiger partial charge is 0.252 e. The van der Waals surface area contributed by atoms with Gasteiger partial charge in [-0.1, -0.05) is 12.1 Å². The summed E-state index contributed by atoms with van der Waals surface area (Å²) in [7, 11) is 0. The summed E-state index contributed by atoms with van der Waals surface area (Å²) in [6.07, 6.45) is 0.528. The Bertz CT molecular complexity index is 545. The number of aromatic nitrogens is 2. The highest BCUT2D eigenvalue weighted by molar-refractivity contribution is 5.40. The molecule has 0 atom stereocenters. The third-order valence-corrected chi connectivity index (χ3v) is 2.16. The molecule has 2 rings (SSSR count). The first kappa shape index (κ1) is 10.2. The molecule has 0 radical (unpaired) electrons. The number of anilines is 2. The van der Waals surface area contributed by atoms with E-state index in [4.69, 9.17) is 11.5 Å². The lowest BCUT2D eigenvalue weighted by atomic mass is 10.1. The largest absolute Gasteiger partial charge is 0.399 e. The lowest BCUT2D eigenvalue weighted by molar-refractivity contribution is 0.952. The van der Waals surface area contributed by atoms with Crippen LogP contribution < -0.4 is 17.0 Å². The predicted octanol–water partition coefficient (Wildman–Crippen LogP) is 0.525. The predicted molar refractivity (Wildman–Crippen MR) is 62.9 cm³/mol. The highest BCUT2D eigenvalue weighted by atomic mass is 16.1. The lowest BCUT2D eigenvalue weighted by Crippen LogP contribution is -2.12. The van der Waals surface area contributed by atoms with Crippen molar-refractivity contribution < 1.29 is 0 Å². The molecule has 0 aliphatic heterocycles. The van der Waals surface area contributed by atoms with E-state index in [1.165, 1.54) is 6.07 Å². The molecule has 5 N–H and O–H groups in total. The summed E-state index contributed by atoms with van der Waals surface area (Å²) in [4.78, 5) is 17.8. The summed E-state index contributed by atoms with van der Waals surface area (Å²) in [5.41, 5.74) is 12.5. The summed E-state index contributed by atoms with van der Waals surface area (Å²) in [6, 6.07) is 8.64. The fourth-order valence-electron chi connectivity index (χ4n) is 1.44. The van der Waals surface area contributed by atoms with Gasteiger partial charge in [-0.25, -0.2) is 4.98 Å². The molecule has 82 valence electrons. The van der Waals surface area contributed by atoms with Crippen LogP contribution in [0.2, 0.25) is 0 Å². The zero-order valence-corrected chi connectivity index (χ0v) is 8.60. The van der Waals surface area contributed by atoms with E-state index in [-0.39, 0.29) is 11.4 Å². The molecular weight excluding hydrogens is 204 g/mol. The van der Waals surface area contributed by atoms with Gasteiger partial charge in [-0.15, -0.1) is 0 Å². The average Bonchev–Trinajstić information content (AvgIpc) is 2.20. The Morgan fingerprint density at radius 2 is 1.88 bits per heavy atom. The maximum Gasteiger partial charge on any atom is 0.252 e. The van der Waals surface area contributed by atoms with Gasteiger partial charge in [0.25, 0.3) is 5.56 Å². The van der Waals surface area contributed by atoms with Crippen molar-refractivity contribution in [1.29, 1.82) is 0 Å². The normalized spacial score (nSPS) is 10.2. The van der Waals surface area contributed by atoms with Gasteiger partial charge in [0.05, 0.1) is 0 Å². The molecule has 5 nitrogen and oxygen atoms in total. The third kappa shape index (κ3) is 2.38. The van der Waals surface area contributed by atoms with E-state index in [2.05, 4.69) is 9.97 Å². The quantitative estimate of drug-likeness (QED) is 0.637. The number of H-pyrrole nitrogens is 1. The molecule has 0 saturated carbocycles. The Morgan fingerprint density at radius 1 is 1.19 bits per heavy atom. The van der Waals surface area contributed by atoms with Crippen molar-refractivity contribution in [2.75, 3.05) is 11.5 Å². The Labute approximate surface area is 92.1 Å². The molecule has 0 aliphatic rings. The first-order valence-corrected chi connectivity index (χ1v) is 4.83. The van der Waals surface area contributed by atoms with Crippen LogP contribution in [-0.2, 0) is 6.42 Å². The second-order valence-corrected chi connectivity index (χ2v) is 3.54. The van der Waals surface area contributed by atoms with E-state index >= 15 is 0 Å². The average molecular weight is 216 g/mol. The van der Waals surface area contributed by atoms with Crippen LogP contribution in [-0.4, -0.2) is 9.97 Å². The first-order chi connectivity index (χ1) is 7.63. The molecule has 0 amide bonds. The van der Waals surface area contributed by atoms with Crippen LogP contribution in [0.25, 0.3) is 0 Å². The van der Waals surface area contributed by atoms with Crippen LogP contribution in [0.1, 0.15) is 11.4 Å². The van der Waals surface area contributed by atoms with Gasteiger partial charge in [0.15, 0.2) is 0 Å². The van der Waals surface area contributed by atoms with Crippen molar-refractivity contribution in [1.82, 2.24) is 9.97 Å². The van der Waals surface area contributed by atoms with Crippen LogP contribution in [0.4, 0.5) is 11.5 Å². The van der Waals surface area contributed by atoms with Crippen LogP contribution in [0.5, 0.6) is 0 Å². The van der Waals surface area contributed by atoms with Crippen LogP contribution in [0.3, 0.4) is 0 Å². The van der Waals surface area contributed by atoms with Gasteiger partial charge in [0.1, 0.15) is 11.6 Å². The fourth-order valence-corrected chi connectivity index (χ4v) is 1.44. The van der Waals surface area contributed by atoms with Gasteiger partial charge in [0, 0.05) is 18.2 Å². The molecule has 1 aromatic heterocycles. The van der Waals surface area contributed by atoms with E-state index in [1.807, 2.05) is 12.1 Å². The topological polar surface area (TPSA) is 97.8 Å². The number of rotatable bonds is 2. The molecule has 0 aliphatic carbocycles. The Morgan fingerprint density at radius 3 is 2.50 bits per heavy atom. The van der Waals surface area contributed by atoms with Crippen LogP contribution in [0.15, 0.2) is 35.1 Å². The first-order valence-electron chi connectivity index (χ1n) is 4.83. The minimum absolute atomic E-state index is 0.231. The molecule has 0 spiro atoms. The van der Waals surface area contributed by atoms with E-state index in [0.717, 1.165) is 5.56 Å². The van der Waals surface area contributed by atoms with Gasteiger partial charge in [-0.05, 0) is 17.7 Å². The van der Waals surface area contributed by atoms with Crippen molar-refractivity contribution >= 4 is 11.5 Å². The summed E-state index contributed by atoms with van der Waals surface area (Å²) < 4.78 is 0. The molecule has 0 saturated heterocycles. The van der Waals surface area contributed by atoms with E-state index in [1.54, 1.807) is 12.1 Å². The summed E-state index contributed by atoms with van der Waals surface area (Å²) >= 11 is 0. The minimum Gasteiger partial charge on any atom is -0.399 e. The molecule has 0 bridgehead atoms. The van der Waals surface area contributed by atoms with E-state index < -0.39 is 0 Å². The Kier molecular flexibility index (Phi) is 2.59. The minimum atomic E-state index is -0.238. The summed E-state index contributed by atoms with van der Waals surface area (Å²) in [6.45, 7) is 0. The molecule has 0 fully saturated rings. The molecular formula is C11H12N4O. The van der Waals surface area contributed by atoms with Crippen molar-refractivity contribution in [2.24, 2.45) is 0 Å². The van der Waals surface area contributed by atoms with Gasteiger partial charge >= 0.3 is 0 Å². The third-order valence-electron chi connectivity index (χ3n) is 2.16. The standard InChI is InChI=1S/C11H12N4O/c12-8-3-1-7(2-4-8)5-10-14-9(13)6-11(16)15-10/h1-4,6H,5,12H2,(H3,13,14,15,16). The number of hydrogen-bond donors (Lipinski definition) is 3. The summed E-state index contributed by atoms with van der Waals surface area (Å²) in [5.74, 6) is 0.781. The van der Waals surface area contributed by atoms with E-state index in [0.29, 0.717) is 17.9 Å². The fraction of sp³-hybridized carbons (Fsp3) is 0.0909. The number of nitrogens with two attached hydrogens (primary N) is 2. The van der Waals surface area contributed by atoms with E-state index in [9.17, 15) is 4.79 Å². The monoisotopic (exact) mass is 216 g/mol. The van der Waals surface area contributed by atoms with Crippen LogP contribution >= 0.6 is 0 Å².